The molecule has 0 saturated carbocycles. The largest absolute Gasteiger partial charge is 0.367 e. The van der Waals surface area contributed by atoms with Crippen LogP contribution in [0.15, 0.2) is 35.5 Å². The van der Waals surface area contributed by atoms with E-state index in [9.17, 15) is 0 Å². The van der Waals surface area contributed by atoms with E-state index >= 15 is 0 Å². The molecule has 0 amide bonds. The molecular weight excluding hydrogens is 268 g/mol. The number of rotatable bonds is 6. The lowest BCUT2D eigenvalue weighted by Gasteiger charge is -2.23. The van der Waals surface area contributed by atoms with Crippen LogP contribution in [-0.2, 0) is 20.1 Å². The van der Waals surface area contributed by atoms with Crippen LogP contribution >= 0.6 is 11.8 Å². The number of benzene rings is 1. The minimum atomic E-state index is 0.559. The van der Waals surface area contributed by atoms with Gasteiger partial charge < -0.3 is 15.2 Å². The first-order valence-corrected chi connectivity index (χ1v) is 7.78. The highest BCUT2D eigenvalue weighted by Crippen LogP contribution is 2.30. The summed E-state index contributed by atoms with van der Waals surface area (Å²) in [5, 5.41) is 0. The van der Waals surface area contributed by atoms with Crippen LogP contribution in [0.3, 0.4) is 0 Å². The zero-order valence-corrected chi connectivity index (χ0v) is 13.2. The number of aryl methyl sites for hydroxylation is 1. The van der Waals surface area contributed by atoms with Crippen molar-refractivity contribution in [3.63, 3.8) is 0 Å². The molecule has 0 aliphatic rings. The van der Waals surface area contributed by atoms with Crippen LogP contribution in [0.1, 0.15) is 18.3 Å². The van der Waals surface area contributed by atoms with Gasteiger partial charge in [-0.25, -0.2) is 4.98 Å². The van der Waals surface area contributed by atoms with Gasteiger partial charge in [-0.15, -0.1) is 11.8 Å². The van der Waals surface area contributed by atoms with Gasteiger partial charge in [-0.05, 0) is 17.9 Å². The van der Waals surface area contributed by atoms with Gasteiger partial charge >= 0.3 is 0 Å². The van der Waals surface area contributed by atoms with Gasteiger partial charge in [0.15, 0.2) is 0 Å². The Kier molecular flexibility index (Phi) is 5.09. The van der Waals surface area contributed by atoms with Crippen molar-refractivity contribution in [1.29, 1.82) is 0 Å². The molecular formula is C15H22N4S. The lowest BCUT2D eigenvalue weighted by molar-refractivity contribution is 0.757. The molecule has 0 fully saturated rings. The Balaban J connectivity index is 2.27. The lowest BCUT2D eigenvalue weighted by Crippen LogP contribution is -2.21. The van der Waals surface area contributed by atoms with Crippen molar-refractivity contribution in [1.82, 2.24) is 9.55 Å². The van der Waals surface area contributed by atoms with Crippen LogP contribution in [0.4, 0.5) is 5.69 Å². The number of aromatic nitrogens is 2. The fraction of sp³-hybridized carbons (Fsp3) is 0.400. The van der Waals surface area contributed by atoms with Gasteiger partial charge in [0.2, 0.25) is 0 Å². The topological polar surface area (TPSA) is 47.1 Å². The summed E-state index contributed by atoms with van der Waals surface area (Å²) in [7, 11) is 4.10. The van der Waals surface area contributed by atoms with Gasteiger partial charge in [0.05, 0.1) is 6.54 Å². The highest BCUT2D eigenvalue weighted by Gasteiger charge is 2.12. The first kappa shape index (κ1) is 14.9. The van der Waals surface area contributed by atoms with Crippen molar-refractivity contribution in [2.45, 2.75) is 24.9 Å². The Morgan fingerprint density at radius 3 is 2.80 bits per heavy atom. The van der Waals surface area contributed by atoms with Gasteiger partial charge in [0.1, 0.15) is 5.82 Å². The smallest absolute Gasteiger partial charge is 0.127 e. The highest BCUT2D eigenvalue weighted by atomic mass is 32.2. The van der Waals surface area contributed by atoms with Gasteiger partial charge in [0.25, 0.3) is 0 Å². The van der Waals surface area contributed by atoms with Crippen molar-refractivity contribution in [2.75, 3.05) is 17.7 Å². The third kappa shape index (κ3) is 3.16. The second kappa shape index (κ2) is 6.81. The van der Waals surface area contributed by atoms with Crippen LogP contribution in [-0.4, -0.2) is 22.4 Å². The average molecular weight is 290 g/mol. The Morgan fingerprint density at radius 1 is 1.40 bits per heavy atom. The van der Waals surface area contributed by atoms with Gasteiger partial charge in [-0.1, -0.05) is 13.0 Å². The molecule has 0 unspecified atom stereocenters. The molecule has 1 aromatic heterocycles. The predicted molar refractivity (Wildman–Crippen MR) is 86.0 cm³/mol. The van der Waals surface area contributed by atoms with Gasteiger partial charge in [-0.3, -0.25) is 0 Å². The van der Waals surface area contributed by atoms with E-state index in [0.29, 0.717) is 6.54 Å². The van der Waals surface area contributed by atoms with Crippen LogP contribution in [0.25, 0.3) is 0 Å². The predicted octanol–water partition coefficient (Wildman–Crippen LogP) is 2.63. The number of nitrogens with zero attached hydrogens (tertiary/aromatic N) is 3. The van der Waals surface area contributed by atoms with Crippen molar-refractivity contribution >= 4 is 17.4 Å². The first-order valence-electron chi connectivity index (χ1n) is 6.79. The molecule has 4 nitrogen and oxygen atoms in total. The van der Waals surface area contributed by atoms with E-state index in [1.807, 2.05) is 35.8 Å². The summed E-state index contributed by atoms with van der Waals surface area (Å²) in [4.78, 5) is 7.87. The molecule has 108 valence electrons. The second-order valence-electron chi connectivity index (χ2n) is 4.70. The maximum Gasteiger partial charge on any atom is 0.127 e. The molecule has 5 heteroatoms. The normalized spacial score (nSPS) is 10.8. The fourth-order valence-corrected chi connectivity index (χ4v) is 3.10. The Labute approximate surface area is 125 Å². The fourth-order valence-electron chi connectivity index (χ4n) is 2.25. The van der Waals surface area contributed by atoms with Crippen LogP contribution < -0.4 is 10.6 Å². The van der Waals surface area contributed by atoms with Crippen LogP contribution in [0.5, 0.6) is 0 Å². The van der Waals surface area contributed by atoms with E-state index in [1.165, 1.54) is 16.1 Å². The number of hydrogen-bond donors (Lipinski definition) is 1. The molecule has 1 heterocycles. The number of nitrogens with two attached hydrogens (primary N) is 1. The maximum atomic E-state index is 5.96. The van der Waals surface area contributed by atoms with Crippen molar-refractivity contribution in [3.8, 4) is 0 Å². The molecule has 0 bridgehead atoms. The van der Waals surface area contributed by atoms with Gasteiger partial charge in [-0.2, -0.15) is 0 Å². The molecule has 2 aromatic rings. The Bertz CT molecular complexity index is 565. The minimum absolute atomic E-state index is 0.559. The maximum absolute atomic E-state index is 5.96. The summed E-state index contributed by atoms with van der Waals surface area (Å²) in [5.41, 5.74) is 8.37. The van der Waals surface area contributed by atoms with Crippen LogP contribution in [0.2, 0.25) is 0 Å². The molecule has 0 atom stereocenters. The summed E-state index contributed by atoms with van der Waals surface area (Å²) < 4.78 is 2.04. The molecule has 0 spiro atoms. The summed E-state index contributed by atoms with van der Waals surface area (Å²) in [6.45, 7) is 3.50. The van der Waals surface area contributed by atoms with E-state index in [1.54, 1.807) is 0 Å². The summed E-state index contributed by atoms with van der Waals surface area (Å²) >= 11 is 1.84. The SMILES string of the molecule is CCSc1cccc(N(C)Cc2nccn2C)c1CN. The molecule has 2 N–H and O–H groups in total. The minimum Gasteiger partial charge on any atom is -0.367 e. The first-order chi connectivity index (χ1) is 9.67. The third-order valence-electron chi connectivity index (χ3n) is 3.32. The summed E-state index contributed by atoms with van der Waals surface area (Å²) in [5.74, 6) is 2.10. The van der Waals surface area contributed by atoms with Gasteiger partial charge in [0, 0.05) is 49.2 Å². The molecule has 0 radical (unpaired) electrons. The molecule has 0 saturated heterocycles. The summed E-state index contributed by atoms with van der Waals surface area (Å²) in [6.07, 6.45) is 3.80. The summed E-state index contributed by atoms with van der Waals surface area (Å²) in [6, 6.07) is 6.38. The standard InChI is InChI=1S/C15H22N4S/c1-4-20-14-7-5-6-13(12(14)10-16)19(3)11-15-17-8-9-18(15)2/h5-9H,4,10-11,16H2,1-3H3. The molecule has 2 rings (SSSR count). The average Bonchev–Trinajstić information content (AvgIpc) is 2.84. The monoisotopic (exact) mass is 290 g/mol. The quantitative estimate of drug-likeness (QED) is 0.831. The van der Waals surface area contributed by atoms with E-state index < -0.39 is 0 Å². The number of imidazole rings is 1. The van der Waals surface area contributed by atoms with E-state index in [2.05, 4.69) is 42.1 Å². The zero-order chi connectivity index (χ0) is 14.5. The van der Waals surface area contributed by atoms with E-state index in [0.717, 1.165) is 18.1 Å². The molecule has 0 aliphatic carbocycles. The van der Waals surface area contributed by atoms with Crippen molar-refractivity contribution in [3.05, 3.63) is 42.0 Å². The number of thioether (sulfide) groups is 1. The molecule has 20 heavy (non-hydrogen) atoms. The third-order valence-corrected chi connectivity index (χ3v) is 4.31. The lowest BCUT2D eigenvalue weighted by atomic mass is 10.1. The van der Waals surface area contributed by atoms with Crippen molar-refractivity contribution in [2.24, 2.45) is 12.8 Å². The van der Waals surface area contributed by atoms with Crippen molar-refractivity contribution < 1.29 is 0 Å². The van der Waals surface area contributed by atoms with E-state index in [-0.39, 0.29) is 0 Å². The Hall–Kier alpha value is -1.46. The Morgan fingerprint density at radius 2 is 2.20 bits per heavy atom. The van der Waals surface area contributed by atoms with E-state index in [4.69, 9.17) is 5.73 Å². The number of anilines is 1. The highest BCUT2D eigenvalue weighted by molar-refractivity contribution is 7.99. The number of hydrogen-bond acceptors (Lipinski definition) is 4. The second-order valence-corrected chi connectivity index (χ2v) is 6.01. The zero-order valence-electron chi connectivity index (χ0n) is 12.3. The van der Waals surface area contributed by atoms with Crippen LogP contribution in [0, 0.1) is 0 Å². The molecule has 1 aromatic carbocycles. The molecule has 0 aliphatic heterocycles.